The normalized spacial score (nSPS) is 17.1. The van der Waals surface area contributed by atoms with Gasteiger partial charge in [-0.15, -0.1) is 0 Å². The molecule has 4 nitrogen and oxygen atoms in total. The predicted molar refractivity (Wildman–Crippen MR) is 106 cm³/mol. The van der Waals surface area contributed by atoms with Crippen molar-refractivity contribution in [2.45, 2.75) is 26.4 Å². The first kappa shape index (κ1) is 18.1. The Hall–Kier alpha value is -2.66. The van der Waals surface area contributed by atoms with E-state index in [9.17, 15) is 4.79 Å². The Balaban J connectivity index is 2.01. The molecular weight excluding hydrogens is 344 g/mol. The lowest BCUT2D eigenvalue weighted by Crippen LogP contribution is -2.47. The topological polar surface area (TPSA) is 41.6 Å². The second-order valence-corrected chi connectivity index (χ2v) is 6.47. The number of nitrogens with zero attached hydrogens (tertiary/aromatic N) is 1. The lowest BCUT2D eigenvalue weighted by Gasteiger charge is -2.37. The van der Waals surface area contributed by atoms with Crippen molar-refractivity contribution in [3.05, 3.63) is 83.1 Å². The number of esters is 1. The van der Waals surface area contributed by atoms with Crippen LogP contribution < -0.4 is 5.32 Å². The molecule has 134 valence electrons. The standard InChI is InChI=1S/C21H22N2O2S/c1-3-25-20(24)18-15(2)23(14-16-10-6-4-7-11-16)21(26)22-19(18)17-12-8-5-9-13-17/h4-13,19H,3,14H2,1-2H3,(H,22,26)/t19-/m0/s1. The van der Waals surface area contributed by atoms with E-state index in [0.29, 0.717) is 23.8 Å². The molecule has 0 radical (unpaired) electrons. The number of benzene rings is 2. The molecule has 26 heavy (non-hydrogen) atoms. The molecule has 5 heteroatoms. The van der Waals surface area contributed by atoms with Gasteiger partial charge >= 0.3 is 5.97 Å². The van der Waals surface area contributed by atoms with Gasteiger partial charge in [-0.2, -0.15) is 0 Å². The van der Waals surface area contributed by atoms with Crippen molar-refractivity contribution in [1.29, 1.82) is 0 Å². The Morgan fingerprint density at radius 3 is 2.35 bits per heavy atom. The molecule has 0 aromatic heterocycles. The summed E-state index contributed by atoms with van der Waals surface area (Å²) in [6, 6.07) is 19.6. The SMILES string of the molecule is CCOC(=O)C1=C(C)N(Cc2ccccc2)C(=S)N[C@H]1c1ccccc1. The highest BCUT2D eigenvalue weighted by Gasteiger charge is 2.34. The van der Waals surface area contributed by atoms with Gasteiger partial charge in [0.15, 0.2) is 5.11 Å². The number of thiocarbonyl (C=S) groups is 1. The van der Waals surface area contributed by atoms with E-state index in [1.165, 1.54) is 0 Å². The van der Waals surface area contributed by atoms with Crippen LogP contribution in [0.25, 0.3) is 0 Å². The van der Waals surface area contributed by atoms with E-state index in [1.54, 1.807) is 0 Å². The maximum atomic E-state index is 12.7. The van der Waals surface area contributed by atoms with Gasteiger partial charge in [0.05, 0.1) is 18.2 Å². The van der Waals surface area contributed by atoms with Crippen LogP contribution in [0.3, 0.4) is 0 Å². The van der Waals surface area contributed by atoms with Crippen molar-refractivity contribution in [3.8, 4) is 0 Å². The van der Waals surface area contributed by atoms with Crippen LogP contribution in [0.4, 0.5) is 0 Å². The molecule has 0 fully saturated rings. The minimum absolute atomic E-state index is 0.310. The highest BCUT2D eigenvalue weighted by Crippen LogP contribution is 2.32. The molecule has 3 rings (SSSR count). The molecule has 1 aliphatic rings. The number of carbonyl (C=O) groups excluding carboxylic acids is 1. The van der Waals surface area contributed by atoms with Crippen molar-refractivity contribution < 1.29 is 9.53 Å². The Morgan fingerprint density at radius 2 is 1.73 bits per heavy atom. The molecule has 0 amide bonds. The molecular formula is C21H22N2O2S. The largest absolute Gasteiger partial charge is 0.463 e. The lowest BCUT2D eigenvalue weighted by molar-refractivity contribution is -0.139. The minimum atomic E-state index is -0.313. The molecule has 2 aromatic rings. The van der Waals surface area contributed by atoms with Crippen LogP contribution in [0.2, 0.25) is 0 Å². The van der Waals surface area contributed by atoms with E-state index in [0.717, 1.165) is 16.8 Å². The van der Waals surface area contributed by atoms with Gasteiger partial charge in [-0.3, -0.25) is 0 Å². The van der Waals surface area contributed by atoms with Crippen LogP contribution in [0.15, 0.2) is 71.9 Å². The molecule has 0 aliphatic carbocycles. The number of carbonyl (C=O) groups is 1. The molecule has 0 bridgehead atoms. The maximum Gasteiger partial charge on any atom is 0.338 e. The van der Waals surface area contributed by atoms with E-state index in [1.807, 2.05) is 79.4 Å². The zero-order valence-corrected chi connectivity index (χ0v) is 15.8. The van der Waals surface area contributed by atoms with Crippen LogP contribution in [-0.4, -0.2) is 22.6 Å². The average molecular weight is 366 g/mol. The summed E-state index contributed by atoms with van der Waals surface area (Å²) >= 11 is 5.61. The fraction of sp³-hybridized carbons (Fsp3) is 0.238. The second-order valence-electron chi connectivity index (χ2n) is 6.08. The zero-order valence-electron chi connectivity index (χ0n) is 14.9. The monoisotopic (exact) mass is 366 g/mol. The minimum Gasteiger partial charge on any atom is -0.463 e. The number of hydrogen-bond acceptors (Lipinski definition) is 3. The van der Waals surface area contributed by atoms with Crippen molar-refractivity contribution >= 4 is 23.3 Å². The summed E-state index contributed by atoms with van der Waals surface area (Å²) in [4.78, 5) is 14.7. The highest BCUT2D eigenvalue weighted by atomic mass is 32.1. The van der Waals surface area contributed by atoms with Gasteiger partial charge in [-0.25, -0.2) is 4.79 Å². The fourth-order valence-corrected chi connectivity index (χ4v) is 3.43. The van der Waals surface area contributed by atoms with Crippen LogP contribution in [0.1, 0.15) is 31.0 Å². The van der Waals surface area contributed by atoms with E-state index >= 15 is 0 Å². The van der Waals surface area contributed by atoms with Gasteiger partial charge in [0.2, 0.25) is 0 Å². The first-order valence-corrected chi connectivity index (χ1v) is 9.07. The average Bonchev–Trinajstić information content (AvgIpc) is 2.66. The molecule has 0 saturated heterocycles. The molecule has 0 spiro atoms. The molecule has 0 unspecified atom stereocenters. The zero-order chi connectivity index (χ0) is 18.5. The van der Waals surface area contributed by atoms with Gasteiger partial charge < -0.3 is 15.0 Å². The third-order valence-electron chi connectivity index (χ3n) is 4.41. The molecule has 1 heterocycles. The predicted octanol–water partition coefficient (Wildman–Crippen LogP) is 3.96. The second kappa shape index (κ2) is 8.15. The van der Waals surface area contributed by atoms with Crippen LogP contribution in [0.5, 0.6) is 0 Å². The fourth-order valence-electron chi connectivity index (χ4n) is 3.11. The Bertz CT molecular complexity index is 818. The summed E-state index contributed by atoms with van der Waals surface area (Å²) in [7, 11) is 0. The van der Waals surface area contributed by atoms with Crippen molar-refractivity contribution in [2.24, 2.45) is 0 Å². The molecule has 1 N–H and O–H groups in total. The van der Waals surface area contributed by atoms with Gasteiger partial charge in [0, 0.05) is 12.2 Å². The van der Waals surface area contributed by atoms with E-state index in [2.05, 4.69) is 5.32 Å². The van der Waals surface area contributed by atoms with Crippen molar-refractivity contribution in [2.75, 3.05) is 6.61 Å². The number of hydrogen-bond donors (Lipinski definition) is 1. The quantitative estimate of drug-likeness (QED) is 0.641. The van der Waals surface area contributed by atoms with Gasteiger partial charge in [0.1, 0.15) is 0 Å². The summed E-state index contributed by atoms with van der Waals surface area (Å²) in [5, 5.41) is 3.93. The van der Waals surface area contributed by atoms with E-state index < -0.39 is 0 Å². The lowest BCUT2D eigenvalue weighted by atomic mass is 9.95. The van der Waals surface area contributed by atoms with Crippen molar-refractivity contribution in [1.82, 2.24) is 10.2 Å². The smallest absolute Gasteiger partial charge is 0.338 e. The van der Waals surface area contributed by atoms with Crippen LogP contribution >= 0.6 is 12.2 Å². The van der Waals surface area contributed by atoms with Gasteiger partial charge in [-0.05, 0) is 37.2 Å². The number of nitrogens with one attached hydrogen (secondary N) is 1. The Labute approximate surface area is 159 Å². The Kier molecular flexibility index (Phi) is 5.68. The Morgan fingerprint density at radius 1 is 1.12 bits per heavy atom. The van der Waals surface area contributed by atoms with Crippen LogP contribution in [0, 0.1) is 0 Å². The molecule has 2 aromatic carbocycles. The molecule has 1 aliphatic heterocycles. The summed E-state index contributed by atoms with van der Waals surface area (Å²) in [6.45, 7) is 4.68. The van der Waals surface area contributed by atoms with E-state index in [-0.39, 0.29) is 12.0 Å². The number of rotatable bonds is 5. The van der Waals surface area contributed by atoms with Crippen LogP contribution in [-0.2, 0) is 16.1 Å². The third kappa shape index (κ3) is 3.78. The first-order valence-electron chi connectivity index (χ1n) is 8.66. The third-order valence-corrected chi connectivity index (χ3v) is 4.75. The van der Waals surface area contributed by atoms with Crippen molar-refractivity contribution in [3.63, 3.8) is 0 Å². The highest BCUT2D eigenvalue weighted by molar-refractivity contribution is 7.80. The van der Waals surface area contributed by atoms with Gasteiger partial charge in [0.25, 0.3) is 0 Å². The summed E-state index contributed by atoms with van der Waals surface area (Å²) in [5.74, 6) is -0.313. The molecule has 0 saturated carbocycles. The first-order chi connectivity index (χ1) is 12.6. The summed E-state index contributed by atoms with van der Waals surface area (Å²) < 4.78 is 5.33. The summed E-state index contributed by atoms with van der Waals surface area (Å²) in [6.07, 6.45) is 0. The number of allylic oxidation sites excluding steroid dienone is 1. The van der Waals surface area contributed by atoms with Gasteiger partial charge in [-0.1, -0.05) is 60.7 Å². The molecule has 1 atom stereocenters. The number of ether oxygens (including phenoxy) is 1. The summed E-state index contributed by atoms with van der Waals surface area (Å²) in [5.41, 5.74) is 3.53. The van der Waals surface area contributed by atoms with E-state index in [4.69, 9.17) is 17.0 Å². The maximum absolute atomic E-state index is 12.7.